The fraction of sp³-hybridized carbons (Fsp3) is 0.211. The number of hydrogen-bond donors (Lipinski definition) is 2. The van der Waals surface area contributed by atoms with Crippen LogP contribution >= 0.6 is 0 Å². The lowest BCUT2D eigenvalue weighted by molar-refractivity contribution is -0.151. The summed E-state index contributed by atoms with van der Waals surface area (Å²) in [5.41, 5.74) is 1.41. The van der Waals surface area contributed by atoms with Gasteiger partial charge >= 0.3 is 11.9 Å². The zero-order valence-electron chi connectivity index (χ0n) is 14.5. The van der Waals surface area contributed by atoms with E-state index in [9.17, 15) is 24.6 Å². The van der Waals surface area contributed by atoms with Gasteiger partial charge in [0.2, 0.25) is 11.9 Å². The zero-order valence-corrected chi connectivity index (χ0v) is 14.5. The van der Waals surface area contributed by atoms with E-state index in [-0.39, 0.29) is 5.56 Å². The van der Waals surface area contributed by atoms with Crippen LogP contribution < -0.4 is 0 Å². The first-order valence-corrected chi connectivity index (χ1v) is 8.30. The second-order valence-electron chi connectivity index (χ2n) is 5.91. The molecule has 0 aliphatic carbocycles. The number of esters is 2. The number of ether oxygens (including phenoxy) is 2. The summed E-state index contributed by atoms with van der Waals surface area (Å²) in [6, 6.07) is 15.2. The van der Waals surface area contributed by atoms with Crippen LogP contribution in [0.4, 0.5) is 11.4 Å². The van der Waals surface area contributed by atoms with Gasteiger partial charge in [-0.1, -0.05) is 18.2 Å². The van der Waals surface area contributed by atoms with E-state index in [0.717, 1.165) is 0 Å². The number of aliphatic hydroxyl groups is 2. The molecule has 9 nitrogen and oxygen atoms in total. The van der Waals surface area contributed by atoms with Gasteiger partial charge in [-0.2, -0.15) is 10.2 Å². The van der Waals surface area contributed by atoms with Crippen molar-refractivity contribution in [2.24, 2.45) is 10.2 Å². The minimum Gasteiger partial charge on any atom is -0.459 e. The van der Waals surface area contributed by atoms with Crippen LogP contribution in [0.3, 0.4) is 0 Å². The van der Waals surface area contributed by atoms with Crippen molar-refractivity contribution in [3.8, 4) is 0 Å². The molecule has 0 spiro atoms. The predicted octanol–water partition coefficient (Wildman–Crippen LogP) is 1.48. The molecule has 0 saturated carbocycles. The number of cyclic esters (lactones) is 1. The second-order valence-corrected chi connectivity index (χ2v) is 5.91. The molecular weight excluding hydrogens is 368 g/mol. The average Bonchev–Trinajstić information content (AvgIpc) is 2.98. The summed E-state index contributed by atoms with van der Waals surface area (Å²) in [7, 11) is 0. The topological polar surface area (TPSA) is 135 Å². The minimum atomic E-state index is -1.92. The van der Waals surface area contributed by atoms with Gasteiger partial charge in [-0.25, -0.2) is 9.59 Å². The number of carbonyl (C=O) groups is 3. The number of nitrogens with zero attached hydrogens (tertiary/aromatic N) is 2. The number of aliphatic hydroxyl groups excluding tert-OH is 2. The van der Waals surface area contributed by atoms with Crippen LogP contribution in [0, 0.1) is 0 Å². The van der Waals surface area contributed by atoms with Crippen LogP contribution in [-0.4, -0.2) is 52.9 Å². The van der Waals surface area contributed by atoms with Crippen molar-refractivity contribution in [3.63, 3.8) is 0 Å². The molecule has 0 amide bonds. The molecule has 144 valence electrons. The van der Waals surface area contributed by atoms with Gasteiger partial charge in [-0.05, 0) is 36.4 Å². The Morgan fingerprint density at radius 3 is 2.21 bits per heavy atom. The van der Waals surface area contributed by atoms with E-state index in [1.165, 1.54) is 12.1 Å². The van der Waals surface area contributed by atoms with Crippen molar-refractivity contribution in [3.05, 3.63) is 60.2 Å². The molecule has 1 saturated heterocycles. The van der Waals surface area contributed by atoms with Crippen LogP contribution in [0.25, 0.3) is 0 Å². The number of ketones is 1. The lowest BCUT2D eigenvalue weighted by Gasteiger charge is -2.15. The summed E-state index contributed by atoms with van der Waals surface area (Å²) in [5.74, 6) is -2.86. The van der Waals surface area contributed by atoms with Gasteiger partial charge in [0.25, 0.3) is 0 Å². The first-order chi connectivity index (χ1) is 13.5. The van der Waals surface area contributed by atoms with Crippen molar-refractivity contribution < 1.29 is 34.1 Å². The van der Waals surface area contributed by atoms with Gasteiger partial charge in [0, 0.05) is 0 Å². The lowest BCUT2D eigenvalue weighted by atomic mass is 10.1. The van der Waals surface area contributed by atoms with Gasteiger partial charge in [0.15, 0.2) is 6.10 Å². The Hall–Kier alpha value is -3.43. The average molecular weight is 384 g/mol. The van der Waals surface area contributed by atoms with Gasteiger partial charge in [0.05, 0.1) is 16.9 Å². The number of rotatable bonds is 6. The number of carbonyl (C=O) groups excluding carboxylic acids is 3. The summed E-state index contributed by atoms with van der Waals surface area (Å²) in [6.07, 6.45) is -5.06. The van der Waals surface area contributed by atoms with E-state index in [1.807, 2.05) is 18.2 Å². The van der Waals surface area contributed by atoms with Crippen molar-refractivity contribution in [2.75, 3.05) is 6.61 Å². The van der Waals surface area contributed by atoms with Crippen molar-refractivity contribution in [2.45, 2.75) is 18.3 Å². The highest BCUT2D eigenvalue weighted by Crippen LogP contribution is 2.19. The highest BCUT2D eigenvalue weighted by atomic mass is 16.6. The number of azo groups is 1. The predicted molar refractivity (Wildman–Crippen MR) is 94.2 cm³/mol. The van der Waals surface area contributed by atoms with Crippen molar-refractivity contribution >= 4 is 29.1 Å². The van der Waals surface area contributed by atoms with Crippen LogP contribution in [0.5, 0.6) is 0 Å². The highest BCUT2D eigenvalue weighted by Gasteiger charge is 2.46. The molecular formula is C19H16N2O7. The van der Waals surface area contributed by atoms with E-state index >= 15 is 0 Å². The third-order valence-corrected chi connectivity index (χ3v) is 3.89. The highest BCUT2D eigenvalue weighted by molar-refractivity contribution is 6.09. The van der Waals surface area contributed by atoms with E-state index in [2.05, 4.69) is 15.0 Å². The van der Waals surface area contributed by atoms with Crippen LogP contribution in [-0.2, 0) is 19.1 Å². The quantitative estimate of drug-likeness (QED) is 0.437. The molecule has 2 aromatic rings. The SMILES string of the molecule is O=C(OC[C@@H](O)[C@H]1OC(=O)C(O)C1=O)c1ccc(N=Nc2ccccc2)cc1. The Bertz CT molecular complexity index is 896. The normalized spacial score (nSPS) is 20.2. The number of benzene rings is 2. The van der Waals surface area contributed by atoms with E-state index < -0.39 is 42.6 Å². The fourth-order valence-electron chi connectivity index (χ4n) is 2.39. The molecule has 2 aromatic carbocycles. The fourth-order valence-corrected chi connectivity index (χ4v) is 2.39. The minimum absolute atomic E-state index is 0.195. The molecule has 2 N–H and O–H groups in total. The van der Waals surface area contributed by atoms with Crippen molar-refractivity contribution in [1.29, 1.82) is 0 Å². The van der Waals surface area contributed by atoms with Crippen LogP contribution in [0.2, 0.25) is 0 Å². The van der Waals surface area contributed by atoms with Crippen molar-refractivity contribution in [1.82, 2.24) is 0 Å². The third-order valence-electron chi connectivity index (χ3n) is 3.89. The smallest absolute Gasteiger partial charge is 0.343 e. The largest absolute Gasteiger partial charge is 0.459 e. The Labute approximate surface area is 159 Å². The third kappa shape index (κ3) is 4.45. The maximum atomic E-state index is 12.0. The Kier molecular flexibility index (Phi) is 5.87. The molecule has 9 heteroatoms. The maximum absolute atomic E-state index is 12.0. The van der Waals surface area contributed by atoms with E-state index in [1.54, 1.807) is 24.3 Å². The van der Waals surface area contributed by atoms with Gasteiger partial charge in [-0.3, -0.25) is 4.79 Å². The molecule has 1 unspecified atom stereocenters. The maximum Gasteiger partial charge on any atom is 0.343 e. The lowest BCUT2D eigenvalue weighted by Crippen LogP contribution is -2.38. The Morgan fingerprint density at radius 2 is 1.64 bits per heavy atom. The molecule has 1 heterocycles. The molecule has 28 heavy (non-hydrogen) atoms. The molecule has 1 aliphatic rings. The van der Waals surface area contributed by atoms with Crippen LogP contribution in [0.15, 0.2) is 64.8 Å². The molecule has 0 aromatic heterocycles. The standard InChI is InChI=1S/C19H16N2O7/c22-14(17-15(23)16(24)19(26)28-17)10-27-18(25)11-6-8-13(9-7-11)21-20-12-4-2-1-3-5-12/h1-9,14,16-17,22,24H,10H2/t14-,16?,17-/m1/s1. The summed E-state index contributed by atoms with van der Waals surface area (Å²) >= 11 is 0. The monoisotopic (exact) mass is 384 g/mol. The molecule has 1 fully saturated rings. The summed E-state index contributed by atoms with van der Waals surface area (Å²) in [6.45, 7) is -0.579. The summed E-state index contributed by atoms with van der Waals surface area (Å²) < 4.78 is 9.48. The Morgan fingerprint density at radius 1 is 1.04 bits per heavy atom. The molecule has 3 rings (SSSR count). The molecule has 0 bridgehead atoms. The van der Waals surface area contributed by atoms with E-state index in [4.69, 9.17) is 4.74 Å². The molecule has 1 aliphatic heterocycles. The summed E-state index contributed by atoms with van der Waals surface area (Å²) in [4.78, 5) is 34.7. The zero-order chi connectivity index (χ0) is 20.1. The van der Waals surface area contributed by atoms with Crippen LogP contribution in [0.1, 0.15) is 10.4 Å². The number of Topliss-reactive ketones (excluding diaryl/α,β-unsaturated/α-hetero) is 1. The van der Waals surface area contributed by atoms with Gasteiger partial charge < -0.3 is 19.7 Å². The summed E-state index contributed by atoms with van der Waals surface area (Å²) in [5, 5.41) is 27.2. The first kappa shape index (κ1) is 19.3. The van der Waals surface area contributed by atoms with Gasteiger partial charge in [-0.15, -0.1) is 0 Å². The second kappa shape index (κ2) is 8.51. The Balaban J connectivity index is 1.54. The molecule has 3 atom stereocenters. The molecule has 0 radical (unpaired) electrons. The first-order valence-electron chi connectivity index (χ1n) is 8.30. The van der Waals surface area contributed by atoms with E-state index in [0.29, 0.717) is 11.4 Å². The number of hydrogen-bond acceptors (Lipinski definition) is 9. The van der Waals surface area contributed by atoms with Gasteiger partial charge in [0.1, 0.15) is 12.7 Å².